The summed E-state index contributed by atoms with van der Waals surface area (Å²) >= 11 is 0. The smallest absolute Gasteiger partial charge is 0.409 e. The van der Waals surface area contributed by atoms with E-state index in [1.54, 1.807) is 4.90 Å². The fraction of sp³-hybridized carbons (Fsp3) is 0.400. The second kappa shape index (κ2) is 10.2. The Morgan fingerprint density at radius 3 is 2.44 bits per heavy atom. The van der Waals surface area contributed by atoms with Crippen LogP contribution in [0.2, 0.25) is 0 Å². The number of ether oxygens (including phenoxy) is 1. The number of imidazole rings is 1. The van der Waals surface area contributed by atoms with Crippen LogP contribution in [0.25, 0.3) is 11.0 Å². The van der Waals surface area contributed by atoms with E-state index in [1.807, 2.05) is 25.1 Å². The summed E-state index contributed by atoms with van der Waals surface area (Å²) in [6.45, 7) is 9.84. The number of fused-ring (bicyclic) bond motifs is 1. The predicted molar refractivity (Wildman–Crippen MR) is 128 cm³/mol. The highest BCUT2D eigenvalue weighted by atomic mass is 19.1. The zero-order valence-corrected chi connectivity index (χ0v) is 19.8. The van der Waals surface area contributed by atoms with E-state index >= 15 is 0 Å². The van der Waals surface area contributed by atoms with E-state index in [0.717, 1.165) is 29.9 Å². The Balaban J connectivity index is 1.49. The first-order chi connectivity index (χ1) is 16.4. The maximum atomic E-state index is 13.1. The van der Waals surface area contributed by atoms with Gasteiger partial charge in [0.15, 0.2) is 0 Å². The number of carbonyl (C=O) groups is 2. The predicted octanol–water partition coefficient (Wildman–Crippen LogP) is 4.28. The van der Waals surface area contributed by atoms with Crippen molar-refractivity contribution in [2.24, 2.45) is 0 Å². The molecular formula is C25H30FN5O3. The summed E-state index contributed by atoms with van der Waals surface area (Å²) in [5, 5.41) is 2.86. The van der Waals surface area contributed by atoms with Crippen LogP contribution in [0.15, 0.2) is 42.5 Å². The molecule has 1 fully saturated rings. The zero-order chi connectivity index (χ0) is 24.2. The van der Waals surface area contributed by atoms with Gasteiger partial charge in [0.25, 0.3) is 5.91 Å². The van der Waals surface area contributed by atoms with E-state index in [2.05, 4.69) is 28.6 Å². The largest absolute Gasteiger partial charge is 0.450 e. The van der Waals surface area contributed by atoms with Gasteiger partial charge in [0.05, 0.1) is 24.2 Å². The topological polar surface area (TPSA) is 79.7 Å². The molecule has 0 saturated carbocycles. The van der Waals surface area contributed by atoms with Gasteiger partial charge in [-0.2, -0.15) is 0 Å². The van der Waals surface area contributed by atoms with Crippen molar-refractivity contribution in [3.8, 4) is 0 Å². The first-order valence-corrected chi connectivity index (χ1v) is 11.6. The van der Waals surface area contributed by atoms with Gasteiger partial charge >= 0.3 is 6.09 Å². The van der Waals surface area contributed by atoms with E-state index in [-0.39, 0.29) is 23.9 Å². The SMILES string of the molecule is CCOC(=O)N1CCN(Cc2nc3cc(NC(=O)c4ccc(F)cc4)ccc3n2C(C)C)CC1. The Morgan fingerprint density at radius 2 is 1.79 bits per heavy atom. The van der Waals surface area contributed by atoms with Crippen molar-refractivity contribution < 1.29 is 18.7 Å². The molecule has 1 aromatic heterocycles. The van der Waals surface area contributed by atoms with Gasteiger partial charge in [-0.1, -0.05) is 0 Å². The summed E-state index contributed by atoms with van der Waals surface area (Å²) in [4.78, 5) is 33.4. The molecule has 34 heavy (non-hydrogen) atoms. The number of piperazine rings is 1. The monoisotopic (exact) mass is 467 g/mol. The Hall–Kier alpha value is -3.46. The maximum Gasteiger partial charge on any atom is 0.409 e. The highest BCUT2D eigenvalue weighted by molar-refractivity contribution is 6.04. The summed E-state index contributed by atoms with van der Waals surface area (Å²) in [5.74, 6) is 0.256. The number of anilines is 1. The average Bonchev–Trinajstić information content (AvgIpc) is 3.17. The molecule has 1 saturated heterocycles. The van der Waals surface area contributed by atoms with Crippen molar-refractivity contribution in [2.45, 2.75) is 33.4 Å². The van der Waals surface area contributed by atoms with Gasteiger partial charge in [-0.3, -0.25) is 9.69 Å². The number of nitrogens with one attached hydrogen (secondary N) is 1. The van der Waals surface area contributed by atoms with Crippen molar-refractivity contribution >= 4 is 28.7 Å². The van der Waals surface area contributed by atoms with Crippen LogP contribution in [0, 0.1) is 5.82 Å². The van der Waals surface area contributed by atoms with Crippen LogP contribution in [0.1, 0.15) is 43.0 Å². The van der Waals surface area contributed by atoms with Gasteiger partial charge in [0, 0.05) is 43.5 Å². The van der Waals surface area contributed by atoms with Crippen molar-refractivity contribution in [2.75, 3.05) is 38.1 Å². The standard InChI is InChI=1S/C25H30FN5O3/c1-4-34-25(33)30-13-11-29(12-14-30)16-23-28-21-15-20(9-10-22(21)31(23)17(2)3)27-24(32)18-5-7-19(26)8-6-18/h5-10,15,17H,4,11-14,16H2,1-3H3,(H,27,32). The van der Waals surface area contributed by atoms with E-state index < -0.39 is 0 Å². The summed E-state index contributed by atoms with van der Waals surface area (Å²) in [7, 11) is 0. The van der Waals surface area contributed by atoms with Crippen LogP contribution < -0.4 is 5.32 Å². The van der Waals surface area contributed by atoms with Crippen molar-refractivity contribution in [1.82, 2.24) is 19.4 Å². The molecule has 3 aromatic rings. The summed E-state index contributed by atoms with van der Waals surface area (Å²) in [5.41, 5.74) is 2.81. The minimum absolute atomic E-state index is 0.209. The molecule has 180 valence electrons. The summed E-state index contributed by atoms with van der Waals surface area (Å²) in [6.07, 6.45) is -0.258. The Morgan fingerprint density at radius 1 is 1.09 bits per heavy atom. The Kier molecular flexibility index (Phi) is 7.12. The van der Waals surface area contributed by atoms with E-state index in [4.69, 9.17) is 9.72 Å². The minimum Gasteiger partial charge on any atom is -0.450 e. The number of benzene rings is 2. The molecule has 0 aliphatic carbocycles. The molecule has 0 radical (unpaired) electrons. The molecule has 9 heteroatoms. The lowest BCUT2D eigenvalue weighted by molar-refractivity contribution is 0.0768. The number of nitrogens with zero attached hydrogens (tertiary/aromatic N) is 4. The number of halogens is 1. The lowest BCUT2D eigenvalue weighted by atomic mass is 10.2. The molecular weight excluding hydrogens is 437 g/mol. The van der Waals surface area contributed by atoms with Gasteiger partial charge in [-0.05, 0) is 63.2 Å². The lowest BCUT2D eigenvalue weighted by Gasteiger charge is -2.34. The van der Waals surface area contributed by atoms with E-state index in [0.29, 0.717) is 37.5 Å². The second-order valence-corrected chi connectivity index (χ2v) is 8.62. The number of carbonyl (C=O) groups excluding carboxylic acids is 2. The molecule has 0 unspecified atom stereocenters. The van der Waals surface area contributed by atoms with Crippen LogP contribution in [0.4, 0.5) is 14.9 Å². The van der Waals surface area contributed by atoms with Crippen LogP contribution in [0.5, 0.6) is 0 Å². The van der Waals surface area contributed by atoms with Gasteiger partial charge in [-0.25, -0.2) is 14.2 Å². The zero-order valence-electron chi connectivity index (χ0n) is 19.8. The molecule has 1 N–H and O–H groups in total. The molecule has 0 spiro atoms. The second-order valence-electron chi connectivity index (χ2n) is 8.62. The average molecular weight is 468 g/mol. The van der Waals surface area contributed by atoms with Crippen LogP contribution in [-0.2, 0) is 11.3 Å². The third-order valence-electron chi connectivity index (χ3n) is 5.91. The van der Waals surface area contributed by atoms with Crippen molar-refractivity contribution in [3.05, 3.63) is 59.7 Å². The molecule has 1 aliphatic rings. The van der Waals surface area contributed by atoms with Crippen LogP contribution >= 0.6 is 0 Å². The van der Waals surface area contributed by atoms with Gasteiger partial charge in [-0.15, -0.1) is 0 Å². The molecule has 2 amide bonds. The number of hydrogen-bond acceptors (Lipinski definition) is 5. The third-order valence-corrected chi connectivity index (χ3v) is 5.91. The molecule has 8 nitrogen and oxygen atoms in total. The molecule has 0 bridgehead atoms. The molecule has 4 rings (SSSR count). The van der Waals surface area contributed by atoms with Gasteiger partial charge in [0.2, 0.25) is 0 Å². The minimum atomic E-state index is -0.382. The first-order valence-electron chi connectivity index (χ1n) is 11.6. The lowest BCUT2D eigenvalue weighted by Crippen LogP contribution is -2.48. The van der Waals surface area contributed by atoms with Gasteiger partial charge in [0.1, 0.15) is 11.6 Å². The van der Waals surface area contributed by atoms with E-state index in [9.17, 15) is 14.0 Å². The summed E-state index contributed by atoms with van der Waals surface area (Å²) < 4.78 is 20.5. The molecule has 2 aromatic carbocycles. The van der Waals surface area contributed by atoms with Crippen LogP contribution in [-0.4, -0.2) is 64.1 Å². The van der Waals surface area contributed by atoms with Crippen molar-refractivity contribution in [3.63, 3.8) is 0 Å². The van der Waals surface area contributed by atoms with Gasteiger partial charge < -0.3 is 19.5 Å². The van der Waals surface area contributed by atoms with Crippen LogP contribution in [0.3, 0.4) is 0 Å². The highest BCUT2D eigenvalue weighted by Crippen LogP contribution is 2.25. The molecule has 1 aliphatic heterocycles. The molecule has 0 atom stereocenters. The first kappa shape index (κ1) is 23.7. The molecule has 2 heterocycles. The normalized spacial score (nSPS) is 14.6. The highest BCUT2D eigenvalue weighted by Gasteiger charge is 2.24. The van der Waals surface area contributed by atoms with Crippen molar-refractivity contribution in [1.29, 1.82) is 0 Å². The number of amides is 2. The Bertz CT molecular complexity index is 1170. The fourth-order valence-corrected chi connectivity index (χ4v) is 4.22. The number of hydrogen-bond donors (Lipinski definition) is 1. The third kappa shape index (κ3) is 5.20. The fourth-order valence-electron chi connectivity index (χ4n) is 4.22. The quantitative estimate of drug-likeness (QED) is 0.585. The number of rotatable bonds is 6. The summed E-state index contributed by atoms with van der Waals surface area (Å²) in [6, 6.07) is 11.3. The maximum absolute atomic E-state index is 13.1. The Labute approximate surface area is 198 Å². The van der Waals surface area contributed by atoms with E-state index in [1.165, 1.54) is 24.3 Å². The number of aromatic nitrogens is 2.